The molecule has 0 radical (unpaired) electrons. The predicted octanol–water partition coefficient (Wildman–Crippen LogP) is 2.44. The molecule has 0 aliphatic carbocycles. The molecular weight excluding hydrogens is 296 g/mol. The number of carbonyl (C=O) groups excluding carboxylic acids is 1. The summed E-state index contributed by atoms with van der Waals surface area (Å²) in [6.45, 7) is 9.54. The summed E-state index contributed by atoms with van der Waals surface area (Å²) in [4.78, 5) is 23.1. The number of likely N-dealkylation sites (tertiary alicyclic amines) is 1. The molecule has 5 nitrogen and oxygen atoms in total. The molecule has 1 amide bonds. The minimum Gasteiger partial charge on any atom is -0.346 e. The highest BCUT2D eigenvalue weighted by Crippen LogP contribution is 2.18. The highest BCUT2D eigenvalue weighted by Gasteiger charge is 2.26. The number of aromatic nitrogens is 2. The Hall–Kier alpha value is -1.14. The summed E-state index contributed by atoms with van der Waals surface area (Å²) < 4.78 is 0. The van der Waals surface area contributed by atoms with E-state index < -0.39 is 0 Å². The lowest BCUT2D eigenvalue weighted by atomic mass is 9.97. The van der Waals surface area contributed by atoms with Crippen LogP contribution >= 0.6 is 11.8 Å². The van der Waals surface area contributed by atoms with Crippen LogP contribution in [0.4, 0.5) is 0 Å². The standard InChI is InChI=1S/C16H26N4OS/c1-12-6-5-7-20(10-12)11-16(2,3)19-14(21)13-8-17-15(22-4)18-9-13/h8-9,12H,5-7,10-11H2,1-4H3,(H,19,21)/t12-/m1/s1. The number of thioether (sulfide) groups is 1. The van der Waals surface area contributed by atoms with E-state index in [-0.39, 0.29) is 11.4 Å². The van der Waals surface area contributed by atoms with Gasteiger partial charge in [0.25, 0.3) is 5.91 Å². The van der Waals surface area contributed by atoms with Gasteiger partial charge in [0.2, 0.25) is 0 Å². The van der Waals surface area contributed by atoms with Gasteiger partial charge in [-0.25, -0.2) is 9.97 Å². The van der Waals surface area contributed by atoms with Gasteiger partial charge >= 0.3 is 0 Å². The number of amides is 1. The van der Waals surface area contributed by atoms with E-state index >= 15 is 0 Å². The molecule has 2 heterocycles. The molecule has 1 aromatic heterocycles. The van der Waals surface area contributed by atoms with E-state index in [1.165, 1.54) is 24.6 Å². The van der Waals surface area contributed by atoms with E-state index in [0.29, 0.717) is 10.7 Å². The second kappa shape index (κ2) is 7.42. The molecular formula is C16H26N4OS. The van der Waals surface area contributed by atoms with E-state index in [4.69, 9.17) is 0 Å². The molecule has 1 aliphatic rings. The smallest absolute Gasteiger partial charge is 0.254 e. The quantitative estimate of drug-likeness (QED) is 0.666. The second-order valence-corrected chi connectivity index (χ2v) is 7.55. The van der Waals surface area contributed by atoms with Crippen molar-refractivity contribution in [3.05, 3.63) is 18.0 Å². The summed E-state index contributed by atoms with van der Waals surface area (Å²) in [6, 6.07) is 0. The summed E-state index contributed by atoms with van der Waals surface area (Å²) in [5.74, 6) is 0.635. The first-order chi connectivity index (χ1) is 10.4. The topological polar surface area (TPSA) is 58.1 Å². The fourth-order valence-corrected chi connectivity index (χ4v) is 3.26. The molecule has 22 heavy (non-hydrogen) atoms. The maximum Gasteiger partial charge on any atom is 0.254 e. The van der Waals surface area contributed by atoms with E-state index in [2.05, 4.69) is 41.0 Å². The molecule has 2 rings (SSSR count). The molecule has 1 atom stereocenters. The average Bonchev–Trinajstić information content (AvgIpc) is 2.46. The van der Waals surface area contributed by atoms with Gasteiger partial charge in [-0.2, -0.15) is 0 Å². The predicted molar refractivity (Wildman–Crippen MR) is 90.2 cm³/mol. The van der Waals surface area contributed by atoms with Crippen LogP contribution in [0.15, 0.2) is 17.6 Å². The summed E-state index contributed by atoms with van der Waals surface area (Å²) in [5.41, 5.74) is 0.240. The zero-order chi connectivity index (χ0) is 16.2. The number of nitrogens with zero attached hydrogens (tertiary/aromatic N) is 3. The Labute approximate surface area is 137 Å². The van der Waals surface area contributed by atoms with Crippen LogP contribution in [0.5, 0.6) is 0 Å². The van der Waals surface area contributed by atoms with Crippen LogP contribution in [0, 0.1) is 5.92 Å². The molecule has 1 fully saturated rings. The van der Waals surface area contributed by atoms with Crippen molar-refractivity contribution in [2.45, 2.75) is 44.3 Å². The number of carbonyl (C=O) groups is 1. The fourth-order valence-electron chi connectivity index (χ4n) is 2.95. The summed E-state index contributed by atoms with van der Waals surface area (Å²) in [5, 5.41) is 3.78. The van der Waals surface area contributed by atoms with Crippen molar-refractivity contribution in [2.75, 3.05) is 25.9 Å². The van der Waals surface area contributed by atoms with E-state index in [1.807, 2.05) is 6.26 Å². The van der Waals surface area contributed by atoms with Gasteiger partial charge in [-0.1, -0.05) is 18.7 Å². The lowest BCUT2D eigenvalue weighted by molar-refractivity contribution is 0.0862. The van der Waals surface area contributed by atoms with Crippen molar-refractivity contribution in [3.8, 4) is 0 Å². The SMILES string of the molecule is CSc1ncc(C(=O)NC(C)(C)CN2CCC[C@@H](C)C2)cn1. The number of piperidine rings is 1. The minimum atomic E-state index is -0.272. The van der Waals surface area contributed by atoms with E-state index in [0.717, 1.165) is 25.6 Å². The Kier molecular flexibility index (Phi) is 5.81. The number of rotatable bonds is 5. The first-order valence-corrected chi connectivity index (χ1v) is 9.03. The first-order valence-electron chi connectivity index (χ1n) is 7.80. The van der Waals surface area contributed by atoms with Crippen LogP contribution < -0.4 is 5.32 Å². The average molecular weight is 322 g/mol. The highest BCUT2D eigenvalue weighted by molar-refractivity contribution is 7.98. The van der Waals surface area contributed by atoms with Gasteiger partial charge in [0.15, 0.2) is 5.16 Å². The molecule has 0 aromatic carbocycles. The summed E-state index contributed by atoms with van der Waals surface area (Å²) in [6.07, 6.45) is 7.65. The second-order valence-electron chi connectivity index (χ2n) is 6.78. The lowest BCUT2D eigenvalue weighted by Crippen LogP contribution is -2.53. The summed E-state index contributed by atoms with van der Waals surface area (Å²) >= 11 is 1.47. The summed E-state index contributed by atoms with van der Waals surface area (Å²) in [7, 11) is 0. The third-order valence-electron chi connectivity index (χ3n) is 3.88. The third kappa shape index (κ3) is 4.95. The van der Waals surface area contributed by atoms with Gasteiger partial charge in [-0.05, 0) is 45.4 Å². The molecule has 122 valence electrons. The maximum absolute atomic E-state index is 12.3. The minimum absolute atomic E-state index is 0.109. The Morgan fingerprint density at radius 2 is 2.14 bits per heavy atom. The van der Waals surface area contributed by atoms with Gasteiger partial charge in [-0.15, -0.1) is 0 Å². The fraction of sp³-hybridized carbons (Fsp3) is 0.688. The van der Waals surface area contributed by atoms with Crippen molar-refractivity contribution >= 4 is 17.7 Å². The van der Waals surface area contributed by atoms with Gasteiger partial charge in [0.05, 0.1) is 5.56 Å². The van der Waals surface area contributed by atoms with Crippen molar-refractivity contribution in [1.29, 1.82) is 0 Å². The zero-order valence-corrected chi connectivity index (χ0v) is 14.7. The first kappa shape index (κ1) is 17.2. The van der Waals surface area contributed by atoms with E-state index in [1.54, 1.807) is 12.4 Å². The van der Waals surface area contributed by atoms with Gasteiger partial charge in [-0.3, -0.25) is 4.79 Å². The lowest BCUT2D eigenvalue weighted by Gasteiger charge is -2.37. The molecule has 0 unspecified atom stereocenters. The van der Waals surface area contributed by atoms with Crippen LogP contribution in [0.3, 0.4) is 0 Å². The van der Waals surface area contributed by atoms with Crippen molar-refractivity contribution < 1.29 is 4.79 Å². The zero-order valence-electron chi connectivity index (χ0n) is 13.9. The van der Waals surface area contributed by atoms with Gasteiger partial charge in [0, 0.05) is 31.0 Å². The van der Waals surface area contributed by atoms with Crippen LogP contribution in [0.1, 0.15) is 44.0 Å². The molecule has 0 spiro atoms. The number of hydrogen-bond acceptors (Lipinski definition) is 5. The Morgan fingerprint density at radius 3 is 2.73 bits per heavy atom. The van der Waals surface area contributed by atoms with Crippen molar-refractivity contribution in [3.63, 3.8) is 0 Å². The molecule has 6 heteroatoms. The normalized spacial score (nSPS) is 19.9. The maximum atomic E-state index is 12.3. The molecule has 1 N–H and O–H groups in total. The van der Waals surface area contributed by atoms with Crippen molar-refractivity contribution in [2.24, 2.45) is 5.92 Å². The molecule has 1 aromatic rings. The Morgan fingerprint density at radius 1 is 1.45 bits per heavy atom. The Bertz CT molecular complexity index is 503. The number of hydrogen-bond donors (Lipinski definition) is 1. The Balaban J connectivity index is 1.93. The molecule has 0 saturated carbocycles. The largest absolute Gasteiger partial charge is 0.346 e. The number of nitrogens with one attached hydrogen (secondary N) is 1. The highest BCUT2D eigenvalue weighted by atomic mass is 32.2. The molecule has 0 bridgehead atoms. The van der Waals surface area contributed by atoms with Gasteiger partial charge in [0.1, 0.15) is 0 Å². The third-order valence-corrected chi connectivity index (χ3v) is 4.46. The van der Waals surface area contributed by atoms with E-state index in [9.17, 15) is 4.79 Å². The van der Waals surface area contributed by atoms with Crippen LogP contribution in [0.2, 0.25) is 0 Å². The monoisotopic (exact) mass is 322 g/mol. The van der Waals surface area contributed by atoms with Crippen LogP contribution in [0.25, 0.3) is 0 Å². The van der Waals surface area contributed by atoms with Crippen molar-refractivity contribution in [1.82, 2.24) is 20.2 Å². The van der Waals surface area contributed by atoms with Crippen LogP contribution in [-0.4, -0.2) is 52.2 Å². The molecule has 1 aliphatic heterocycles. The van der Waals surface area contributed by atoms with Gasteiger partial charge < -0.3 is 10.2 Å². The van der Waals surface area contributed by atoms with Crippen LogP contribution in [-0.2, 0) is 0 Å². The molecule has 1 saturated heterocycles.